The summed E-state index contributed by atoms with van der Waals surface area (Å²) >= 11 is 0. The molecule has 2 aromatic rings. The van der Waals surface area contributed by atoms with Crippen LogP contribution in [-0.4, -0.2) is 33.4 Å². The van der Waals surface area contributed by atoms with Crippen molar-refractivity contribution < 1.29 is 27.1 Å². The van der Waals surface area contributed by atoms with E-state index in [9.17, 15) is 22.4 Å². The molecule has 0 radical (unpaired) electrons. The Morgan fingerprint density at radius 1 is 1.07 bits per heavy atom. The van der Waals surface area contributed by atoms with Gasteiger partial charge in [-0.05, 0) is 41.8 Å². The number of sulfonamides is 1. The van der Waals surface area contributed by atoms with Gasteiger partial charge in [0.25, 0.3) is 5.91 Å². The van der Waals surface area contributed by atoms with E-state index >= 15 is 0 Å². The smallest absolute Gasteiger partial charge is 0.310 e. The molecule has 3 N–H and O–H groups in total. The number of rotatable bonds is 8. The van der Waals surface area contributed by atoms with Gasteiger partial charge in [0.1, 0.15) is 5.82 Å². The molecule has 0 saturated carbocycles. The number of nitrogens with one attached hydrogen (secondary N) is 1. The molecular formula is C18H19FN2O5S. The van der Waals surface area contributed by atoms with Crippen LogP contribution in [0.15, 0.2) is 53.4 Å². The molecule has 9 heteroatoms. The monoisotopic (exact) mass is 394 g/mol. The minimum Gasteiger partial charge on any atom is -0.455 e. The highest BCUT2D eigenvalue weighted by Gasteiger charge is 2.10. The van der Waals surface area contributed by atoms with Gasteiger partial charge in [-0.2, -0.15) is 0 Å². The molecule has 27 heavy (non-hydrogen) atoms. The van der Waals surface area contributed by atoms with Crippen LogP contribution in [0.3, 0.4) is 0 Å². The predicted octanol–water partition coefficient (Wildman–Crippen LogP) is 0.918. The Bertz CT molecular complexity index is 914. The molecule has 1 amide bonds. The maximum Gasteiger partial charge on any atom is 0.310 e. The Balaban J connectivity index is 1.69. The quantitative estimate of drug-likeness (QED) is 0.646. The summed E-state index contributed by atoms with van der Waals surface area (Å²) in [5.41, 5.74) is 1.27. The molecule has 0 aromatic heterocycles. The fourth-order valence-electron chi connectivity index (χ4n) is 2.25. The fourth-order valence-corrected chi connectivity index (χ4v) is 2.77. The van der Waals surface area contributed by atoms with Crippen LogP contribution in [-0.2, 0) is 37.2 Å². The Hall–Kier alpha value is -2.78. The second kappa shape index (κ2) is 9.24. The molecule has 144 valence electrons. The van der Waals surface area contributed by atoms with Crippen LogP contribution in [0.1, 0.15) is 11.1 Å². The molecular weight excluding hydrogens is 375 g/mol. The molecule has 0 saturated heterocycles. The predicted molar refractivity (Wildman–Crippen MR) is 95.6 cm³/mol. The highest BCUT2D eigenvalue weighted by molar-refractivity contribution is 7.89. The first-order valence-corrected chi connectivity index (χ1v) is 9.57. The van der Waals surface area contributed by atoms with Gasteiger partial charge in [0.15, 0.2) is 6.61 Å². The Morgan fingerprint density at radius 2 is 1.78 bits per heavy atom. The van der Waals surface area contributed by atoms with Crippen LogP contribution in [0.2, 0.25) is 0 Å². The lowest BCUT2D eigenvalue weighted by atomic mass is 10.1. The molecule has 7 nitrogen and oxygen atoms in total. The summed E-state index contributed by atoms with van der Waals surface area (Å²) in [5, 5.41) is 7.60. The van der Waals surface area contributed by atoms with Gasteiger partial charge in [-0.3, -0.25) is 9.59 Å². The van der Waals surface area contributed by atoms with Crippen molar-refractivity contribution >= 4 is 21.9 Å². The van der Waals surface area contributed by atoms with Crippen LogP contribution in [0.25, 0.3) is 0 Å². The number of nitrogens with two attached hydrogens (primary N) is 1. The van der Waals surface area contributed by atoms with Crippen molar-refractivity contribution in [3.63, 3.8) is 0 Å². The number of ether oxygens (including phenoxy) is 1. The molecule has 0 aliphatic heterocycles. The zero-order valence-electron chi connectivity index (χ0n) is 14.4. The normalized spacial score (nSPS) is 11.0. The summed E-state index contributed by atoms with van der Waals surface area (Å²) in [7, 11) is -3.73. The minimum absolute atomic E-state index is 0.0143. The standard InChI is InChI=1S/C18H19FN2O5S/c19-15-3-1-2-14(10-15)11-18(23)26-12-17(22)21-9-8-13-4-6-16(7-5-13)27(20,24)25/h1-7,10H,8-9,11-12H2,(H,21,22)(H2,20,24,25). The minimum atomic E-state index is -3.73. The van der Waals surface area contributed by atoms with Crippen molar-refractivity contribution in [2.75, 3.05) is 13.2 Å². The zero-order valence-corrected chi connectivity index (χ0v) is 15.2. The van der Waals surface area contributed by atoms with E-state index in [0.29, 0.717) is 12.0 Å². The summed E-state index contributed by atoms with van der Waals surface area (Å²) in [6.07, 6.45) is 0.343. The number of primary sulfonamides is 1. The number of esters is 1. The zero-order chi connectivity index (χ0) is 19.9. The Morgan fingerprint density at radius 3 is 2.41 bits per heavy atom. The van der Waals surface area contributed by atoms with E-state index in [4.69, 9.17) is 9.88 Å². The number of carbonyl (C=O) groups excluding carboxylic acids is 2. The Labute approximate surface area is 156 Å². The van der Waals surface area contributed by atoms with Crippen molar-refractivity contribution in [3.05, 3.63) is 65.5 Å². The molecule has 0 heterocycles. The van der Waals surface area contributed by atoms with E-state index in [1.165, 1.54) is 30.3 Å². The lowest BCUT2D eigenvalue weighted by Crippen LogP contribution is -2.30. The molecule has 0 aliphatic rings. The van der Waals surface area contributed by atoms with Crippen LogP contribution in [0.4, 0.5) is 4.39 Å². The summed E-state index contributed by atoms with van der Waals surface area (Å²) < 4.78 is 40.2. The van der Waals surface area contributed by atoms with Gasteiger partial charge >= 0.3 is 5.97 Å². The van der Waals surface area contributed by atoms with Crippen molar-refractivity contribution in [2.45, 2.75) is 17.7 Å². The number of amides is 1. The largest absolute Gasteiger partial charge is 0.455 e. The molecule has 0 spiro atoms. The first kappa shape index (κ1) is 20.5. The first-order valence-electron chi connectivity index (χ1n) is 8.02. The molecule has 0 fully saturated rings. The third-order valence-electron chi connectivity index (χ3n) is 3.59. The molecule has 2 aromatic carbocycles. The summed E-state index contributed by atoms with van der Waals surface area (Å²) in [4.78, 5) is 23.4. The van der Waals surface area contributed by atoms with Crippen LogP contribution in [0.5, 0.6) is 0 Å². The van der Waals surface area contributed by atoms with Crippen LogP contribution < -0.4 is 10.5 Å². The van der Waals surface area contributed by atoms with E-state index in [0.717, 1.165) is 5.56 Å². The van der Waals surface area contributed by atoms with E-state index in [-0.39, 0.29) is 17.9 Å². The van der Waals surface area contributed by atoms with Gasteiger partial charge in [-0.15, -0.1) is 0 Å². The third-order valence-corrected chi connectivity index (χ3v) is 4.52. The topological polar surface area (TPSA) is 116 Å². The average molecular weight is 394 g/mol. The molecule has 2 rings (SSSR count). The van der Waals surface area contributed by atoms with Crippen LogP contribution in [0, 0.1) is 5.82 Å². The maximum absolute atomic E-state index is 13.0. The summed E-state index contributed by atoms with van der Waals surface area (Å²) in [6.45, 7) is -0.145. The van der Waals surface area contributed by atoms with Gasteiger partial charge in [-0.25, -0.2) is 17.9 Å². The summed E-state index contributed by atoms with van der Waals surface area (Å²) in [5.74, 6) is -1.55. The fraction of sp³-hybridized carbons (Fsp3) is 0.222. The molecule has 0 aliphatic carbocycles. The Kier molecular flexibility index (Phi) is 7.03. The lowest BCUT2D eigenvalue weighted by Gasteiger charge is -2.07. The van der Waals surface area contributed by atoms with Crippen molar-refractivity contribution in [1.82, 2.24) is 5.32 Å². The number of halogens is 1. The van der Waals surface area contributed by atoms with Crippen molar-refractivity contribution in [3.8, 4) is 0 Å². The van der Waals surface area contributed by atoms with Gasteiger partial charge in [-0.1, -0.05) is 24.3 Å². The van der Waals surface area contributed by atoms with Crippen molar-refractivity contribution in [2.24, 2.45) is 5.14 Å². The van der Waals surface area contributed by atoms with Gasteiger partial charge in [0.2, 0.25) is 10.0 Å². The van der Waals surface area contributed by atoms with Gasteiger partial charge in [0.05, 0.1) is 11.3 Å². The second-order valence-corrected chi connectivity index (χ2v) is 7.32. The lowest BCUT2D eigenvalue weighted by molar-refractivity contribution is -0.147. The number of benzene rings is 2. The van der Waals surface area contributed by atoms with Crippen LogP contribution >= 0.6 is 0 Å². The molecule has 0 atom stereocenters. The van der Waals surface area contributed by atoms with E-state index in [1.807, 2.05) is 0 Å². The third kappa shape index (κ3) is 7.16. The number of hydrogen-bond donors (Lipinski definition) is 2. The van der Waals surface area contributed by atoms with Crippen molar-refractivity contribution in [1.29, 1.82) is 0 Å². The first-order chi connectivity index (χ1) is 12.7. The number of hydrogen-bond acceptors (Lipinski definition) is 5. The van der Waals surface area contributed by atoms with E-state index < -0.39 is 34.3 Å². The maximum atomic E-state index is 13.0. The molecule has 0 unspecified atom stereocenters. The highest BCUT2D eigenvalue weighted by Crippen LogP contribution is 2.09. The van der Waals surface area contributed by atoms with E-state index in [2.05, 4.69) is 5.32 Å². The summed E-state index contributed by atoms with van der Waals surface area (Å²) in [6, 6.07) is 11.6. The second-order valence-electron chi connectivity index (χ2n) is 5.76. The van der Waals surface area contributed by atoms with Gasteiger partial charge in [0, 0.05) is 6.54 Å². The van der Waals surface area contributed by atoms with Gasteiger partial charge < -0.3 is 10.1 Å². The highest BCUT2D eigenvalue weighted by atomic mass is 32.2. The average Bonchev–Trinajstić information content (AvgIpc) is 2.60. The van der Waals surface area contributed by atoms with E-state index in [1.54, 1.807) is 18.2 Å². The number of carbonyl (C=O) groups is 2. The SMILES string of the molecule is NS(=O)(=O)c1ccc(CCNC(=O)COC(=O)Cc2cccc(F)c2)cc1. The molecule has 0 bridgehead atoms.